The van der Waals surface area contributed by atoms with E-state index in [-0.39, 0.29) is 18.2 Å². The van der Waals surface area contributed by atoms with E-state index in [1.54, 1.807) is 0 Å². The summed E-state index contributed by atoms with van der Waals surface area (Å²) in [7, 11) is 0. The maximum atomic E-state index is 11.8. The molecule has 2 amide bonds. The summed E-state index contributed by atoms with van der Waals surface area (Å²) in [6.45, 7) is 2.81. The largest absolute Gasteiger partial charge is 0.393 e. The molecule has 0 aromatic heterocycles. The number of urea groups is 1. The molecule has 126 valence electrons. The van der Waals surface area contributed by atoms with Crippen LogP contribution in [-0.4, -0.2) is 35.6 Å². The maximum absolute atomic E-state index is 11.8. The molecule has 2 aliphatic rings. The third-order valence-corrected chi connectivity index (χ3v) is 5.57. The van der Waals surface area contributed by atoms with Crippen molar-refractivity contribution < 1.29 is 9.90 Å². The highest BCUT2D eigenvalue weighted by Crippen LogP contribution is 2.27. The van der Waals surface area contributed by atoms with E-state index in [9.17, 15) is 9.90 Å². The monoisotopic (exact) mass is 326 g/mol. The average Bonchev–Trinajstić information content (AvgIpc) is 2.98. The molecule has 0 unspecified atom stereocenters. The van der Waals surface area contributed by atoms with Crippen LogP contribution >= 0.6 is 11.8 Å². The minimum atomic E-state index is -0.0741. The summed E-state index contributed by atoms with van der Waals surface area (Å²) in [5.41, 5.74) is 1.46. The SMILES string of the molecule is C[C@@H](CC1=CSCC1)NC(=O)NCCCC1CCC(O)CC1. The van der Waals surface area contributed by atoms with Gasteiger partial charge in [-0.15, -0.1) is 11.8 Å². The topological polar surface area (TPSA) is 61.4 Å². The van der Waals surface area contributed by atoms with Crippen molar-refractivity contribution >= 4 is 17.8 Å². The summed E-state index contributed by atoms with van der Waals surface area (Å²) >= 11 is 1.87. The zero-order valence-electron chi connectivity index (χ0n) is 13.6. The Morgan fingerprint density at radius 3 is 2.86 bits per heavy atom. The Kier molecular flexibility index (Phi) is 7.60. The van der Waals surface area contributed by atoms with E-state index < -0.39 is 0 Å². The molecule has 1 aliphatic carbocycles. The second kappa shape index (κ2) is 9.46. The van der Waals surface area contributed by atoms with Gasteiger partial charge in [-0.25, -0.2) is 4.79 Å². The van der Waals surface area contributed by atoms with Crippen LogP contribution in [-0.2, 0) is 0 Å². The van der Waals surface area contributed by atoms with Crippen LogP contribution in [0.4, 0.5) is 4.79 Å². The third-order valence-electron chi connectivity index (χ3n) is 4.63. The Morgan fingerprint density at radius 1 is 1.41 bits per heavy atom. The van der Waals surface area contributed by atoms with Crippen molar-refractivity contribution in [2.45, 2.75) is 70.4 Å². The lowest BCUT2D eigenvalue weighted by atomic mass is 9.85. The van der Waals surface area contributed by atoms with Crippen LogP contribution in [0.5, 0.6) is 0 Å². The summed E-state index contributed by atoms with van der Waals surface area (Å²) in [5, 5.41) is 17.7. The van der Waals surface area contributed by atoms with Crippen molar-refractivity contribution in [3.63, 3.8) is 0 Å². The minimum absolute atomic E-state index is 0.0437. The molecule has 2 rings (SSSR count). The van der Waals surface area contributed by atoms with Gasteiger partial charge in [0.05, 0.1) is 6.10 Å². The Balaban J connectivity index is 1.50. The second-order valence-electron chi connectivity index (χ2n) is 6.72. The standard InChI is InChI=1S/C17H30N2O2S/c1-13(11-15-8-10-22-12-15)19-17(21)18-9-2-3-14-4-6-16(20)7-5-14/h12-14,16,20H,2-11H2,1H3,(H2,18,19,21)/t13-,14?,16?/m0/s1. The normalized spacial score (nSPS) is 26.4. The van der Waals surface area contributed by atoms with Crippen LogP contribution in [0.1, 0.15) is 58.3 Å². The van der Waals surface area contributed by atoms with Crippen LogP contribution in [0, 0.1) is 5.92 Å². The molecule has 0 aromatic carbocycles. The molecule has 5 heteroatoms. The van der Waals surface area contributed by atoms with E-state index >= 15 is 0 Å². The number of carbonyl (C=O) groups excluding carboxylic acids is 1. The first kappa shape index (κ1) is 17.7. The lowest BCUT2D eigenvalue weighted by Crippen LogP contribution is -2.41. The number of carbonyl (C=O) groups is 1. The molecule has 1 heterocycles. The van der Waals surface area contributed by atoms with Crippen molar-refractivity contribution in [1.29, 1.82) is 0 Å². The quantitative estimate of drug-likeness (QED) is 0.628. The van der Waals surface area contributed by atoms with E-state index in [1.165, 1.54) is 11.3 Å². The van der Waals surface area contributed by atoms with Crippen LogP contribution in [0.3, 0.4) is 0 Å². The number of aliphatic hydroxyl groups excluding tert-OH is 1. The number of thioether (sulfide) groups is 1. The zero-order valence-corrected chi connectivity index (χ0v) is 14.5. The summed E-state index contributed by atoms with van der Waals surface area (Å²) in [4.78, 5) is 11.8. The zero-order chi connectivity index (χ0) is 15.8. The molecule has 1 atom stereocenters. The fraction of sp³-hybridized carbons (Fsp3) is 0.824. The van der Waals surface area contributed by atoms with Crippen LogP contribution in [0.15, 0.2) is 11.0 Å². The molecule has 0 bridgehead atoms. The fourth-order valence-corrected chi connectivity index (χ4v) is 4.27. The molecule has 1 fully saturated rings. The predicted molar refractivity (Wildman–Crippen MR) is 93.0 cm³/mol. The summed E-state index contributed by atoms with van der Waals surface area (Å²) in [6, 6.07) is 0.155. The molecule has 4 nitrogen and oxygen atoms in total. The van der Waals surface area contributed by atoms with Crippen molar-refractivity contribution in [3.05, 3.63) is 11.0 Å². The van der Waals surface area contributed by atoms with Crippen LogP contribution in [0.2, 0.25) is 0 Å². The number of nitrogens with one attached hydrogen (secondary N) is 2. The summed E-state index contributed by atoms with van der Waals surface area (Å²) < 4.78 is 0. The Hall–Kier alpha value is -0.680. The smallest absolute Gasteiger partial charge is 0.315 e. The van der Waals surface area contributed by atoms with Gasteiger partial charge in [0.2, 0.25) is 0 Å². The molecule has 0 spiro atoms. The van der Waals surface area contributed by atoms with Gasteiger partial charge in [-0.2, -0.15) is 0 Å². The first-order chi connectivity index (χ1) is 10.6. The van der Waals surface area contributed by atoms with Crippen molar-refractivity contribution in [3.8, 4) is 0 Å². The number of aliphatic hydroxyl groups is 1. The maximum Gasteiger partial charge on any atom is 0.315 e. The Labute approximate surface area is 138 Å². The average molecular weight is 327 g/mol. The predicted octanol–water partition coefficient (Wildman–Crippen LogP) is 3.42. The summed E-state index contributed by atoms with van der Waals surface area (Å²) in [6.07, 6.45) is 8.41. The van der Waals surface area contributed by atoms with Gasteiger partial charge in [0, 0.05) is 18.3 Å². The van der Waals surface area contributed by atoms with Gasteiger partial charge in [-0.1, -0.05) is 5.57 Å². The van der Waals surface area contributed by atoms with Gasteiger partial charge in [-0.3, -0.25) is 0 Å². The lowest BCUT2D eigenvalue weighted by molar-refractivity contribution is 0.106. The molecule has 0 saturated heterocycles. The Bertz CT molecular complexity index is 379. The molecule has 0 aromatic rings. The molecule has 0 radical (unpaired) electrons. The van der Waals surface area contributed by atoms with Gasteiger partial charge in [0.1, 0.15) is 0 Å². The highest BCUT2D eigenvalue weighted by molar-refractivity contribution is 8.02. The number of hydrogen-bond donors (Lipinski definition) is 3. The number of amides is 2. The fourth-order valence-electron chi connectivity index (χ4n) is 3.32. The highest BCUT2D eigenvalue weighted by Gasteiger charge is 2.18. The minimum Gasteiger partial charge on any atom is -0.393 e. The first-order valence-corrected chi connectivity index (χ1v) is 9.70. The van der Waals surface area contributed by atoms with Gasteiger partial charge in [0.25, 0.3) is 0 Å². The van der Waals surface area contributed by atoms with Crippen molar-refractivity contribution in [2.75, 3.05) is 12.3 Å². The Morgan fingerprint density at radius 2 is 2.18 bits per heavy atom. The molecule has 1 saturated carbocycles. The van der Waals surface area contributed by atoms with Crippen LogP contribution < -0.4 is 10.6 Å². The second-order valence-corrected chi connectivity index (χ2v) is 7.70. The van der Waals surface area contributed by atoms with Gasteiger partial charge < -0.3 is 15.7 Å². The van der Waals surface area contributed by atoms with E-state index in [2.05, 4.69) is 23.0 Å². The highest BCUT2D eigenvalue weighted by atomic mass is 32.2. The van der Waals surface area contributed by atoms with E-state index in [4.69, 9.17) is 0 Å². The molecular weight excluding hydrogens is 296 g/mol. The van der Waals surface area contributed by atoms with E-state index in [1.807, 2.05) is 11.8 Å². The van der Waals surface area contributed by atoms with Crippen molar-refractivity contribution in [1.82, 2.24) is 10.6 Å². The van der Waals surface area contributed by atoms with Gasteiger partial charge in [-0.05, 0) is 69.6 Å². The van der Waals surface area contributed by atoms with Gasteiger partial charge >= 0.3 is 6.03 Å². The van der Waals surface area contributed by atoms with E-state index in [0.717, 1.165) is 63.8 Å². The van der Waals surface area contributed by atoms with Crippen LogP contribution in [0.25, 0.3) is 0 Å². The molecular formula is C17H30N2O2S. The number of rotatable bonds is 7. The molecule has 22 heavy (non-hydrogen) atoms. The third kappa shape index (κ3) is 6.61. The van der Waals surface area contributed by atoms with Gasteiger partial charge in [0.15, 0.2) is 0 Å². The molecule has 1 aliphatic heterocycles. The summed E-state index contributed by atoms with van der Waals surface area (Å²) in [5.74, 6) is 1.92. The van der Waals surface area contributed by atoms with E-state index in [0.29, 0.717) is 0 Å². The van der Waals surface area contributed by atoms with Crippen molar-refractivity contribution in [2.24, 2.45) is 5.92 Å². The molecule has 3 N–H and O–H groups in total. The lowest BCUT2D eigenvalue weighted by Gasteiger charge is -2.25. The first-order valence-electron chi connectivity index (χ1n) is 8.65. The number of hydrogen-bond acceptors (Lipinski definition) is 3.